The minimum Gasteiger partial charge on any atom is -0.507 e. The molecule has 5 atom stereocenters. The molecule has 1 aliphatic rings. The minimum absolute atomic E-state index is 0.0609. The molecule has 6 N–H and O–H groups in total. The predicted octanol–water partition coefficient (Wildman–Crippen LogP) is 0.0671. The van der Waals surface area contributed by atoms with Gasteiger partial charge in [0.05, 0.1) is 20.8 Å². The summed E-state index contributed by atoms with van der Waals surface area (Å²) < 4.78 is 27.1. The van der Waals surface area contributed by atoms with Crippen LogP contribution in [0.3, 0.4) is 0 Å². The van der Waals surface area contributed by atoms with Gasteiger partial charge in [0.25, 0.3) is 0 Å². The fourth-order valence-electron chi connectivity index (χ4n) is 3.89. The van der Waals surface area contributed by atoms with E-state index in [1.807, 2.05) is 0 Å². The first-order valence-corrected chi connectivity index (χ1v) is 10.4. The molecule has 0 bridgehead atoms. The van der Waals surface area contributed by atoms with Gasteiger partial charge in [0, 0.05) is 12.1 Å². The molecule has 1 aromatic heterocycles. The monoisotopic (exact) mass is 492 g/mol. The number of hydrogen-bond acceptors (Lipinski definition) is 12. The number of benzene rings is 2. The van der Waals surface area contributed by atoms with Crippen molar-refractivity contribution in [1.82, 2.24) is 0 Å². The fourth-order valence-corrected chi connectivity index (χ4v) is 3.89. The highest BCUT2D eigenvalue weighted by molar-refractivity contribution is 5.90. The van der Waals surface area contributed by atoms with Crippen LogP contribution < -0.4 is 19.6 Å². The number of aromatic hydroxyl groups is 2. The first kappa shape index (κ1) is 24.6. The molecular weight excluding hydrogens is 468 g/mol. The van der Waals surface area contributed by atoms with Gasteiger partial charge in [0.2, 0.25) is 12.0 Å². The third-order valence-corrected chi connectivity index (χ3v) is 5.68. The summed E-state index contributed by atoms with van der Waals surface area (Å²) in [5.41, 5.74) is -0.843. The van der Waals surface area contributed by atoms with Crippen LogP contribution in [-0.4, -0.2) is 82.2 Å². The van der Waals surface area contributed by atoms with Gasteiger partial charge in [0.1, 0.15) is 58.2 Å². The summed E-state index contributed by atoms with van der Waals surface area (Å²) >= 11 is 0. The lowest BCUT2D eigenvalue weighted by Crippen LogP contribution is -2.60. The molecule has 12 nitrogen and oxygen atoms in total. The normalized spacial score (nSPS) is 24.3. The molecular formula is C23H24O12. The zero-order valence-corrected chi connectivity index (χ0v) is 18.6. The van der Waals surface area contributed by atoms with E-state index in [1.54, 1.807) is 0 Å². The summed E-state index contributed by atoms with van der Waals surface area (Å²) in [4.78, 5) is 12.9. The average Bonchev–Trinajstić information content (AvgIpc) is 2.83. The number of aliphatic hydroxyl groups excluding tert-OH is 4. The summed E-state index contributed by atoms with van der Waals surface area (Å²) in [6, 6.07) is 6.44. The first-order chi connectivity index (χ1) is 16.7. The van der Waals surface area contributed by atoms with Crippen LogP contribution in [0, 0.1) is 0 Å². The highest BCUT2D eigenvalue weighted by Gasteiger charge is 2.45. The smallest absolute Gasteiger partial charge is 0.229 e. The maximum Gasteiger partial charge on any atom is 0.229 e. The van der Waals surface area contributed by atoms with Crippen LogP contribution >= 0.6 is 0 Å². The van der Waals surface area contributed by atoms with Gasteiger partial charge in [-0.15, -0.1) is 0 Å². The van der Waals surface area contributed by atoms with E-state index in [4.69, 9.17) is 23.4 Å². The highest BCUT2D eigenvalue weighted by Crippen LogP contribution is 2.44. The summed E-state index contributed by atoms with van der Waals surface area (Å²) in [6.45, 7) is -0.661. The second-order valence-electron chi connectivity index (χ2n) is 7.77. The maximum atomic E-state index is 12.9. The topological polar surface area (TPSA) is 189 Å². The molecule has 2 heterocycles. The van der Waals surface area contributed by atoms with E-state index in [9.17, 15) is 35.4 Å². The van der Waals surface area contributed by atoms with Crippen LogP contribution in [0.5, 0.6) is 28.7 Å². The van der Waals surface area contributed by atoms with Crippen LogP contribution in [0.2, 0.25) is 0 Å². The summed E-state index contributed by atoms with van der Waals surface area (Å²) in [7, 11) is 2.63. The van der Waals surface area contributed by atoms with Gasteiger partial charge in [-0.2, -0.15) is 0 Å². The summed E-state index contributed by atoms with van der Waals surface area (Å²) in [6.07, 6.45) is -7.75. The number of rotatable bonds is 6. The maximum absolute atomic E-state index is 12.9. The molecule has 0 amide bonds. The van der Waals surface area contributed by atoms with Crippen LogP contribution in [0.25, 0.3) is 22.3 Å². The van der Waals surface area contributed by atoms with Crippen molar-refractivity contribution in [3.05, 3.63) is 40.6 Å². The van der Waals surface area contributed by atoms with Crippen LogP contribution in [-0.2, 0) is 4.74 Å². The number of methoxy groups -OCH3 is 2. The molecule has 0 radical (unpaired) electrons. The van der Waals surface area contributed by atoms with Crippen molar-refractivity contribution in [2.45, 2.75) is 30.7 Å². The van der Waals surface area contributed by atoms with Gasteiger partial charge < -0.3 is 54.0 Å². The molecule has 1 saturated heterocycles. The number of fused-ring (bicyclic) bond motifs is 1. The SMILES string of the molecule is COc1cc2oc(-c3c(O)cccc3O[C@@H]3O[C@@H](CO)[C@@H](O)[C@H](O)[C@H]3O)cc(=O)c2c(O)c1OC. The van der Waals surface area contributed by atoms with Gasteiger partial charge in [-0.1, -0.05) is 6.07 Å². The third kappa shape index (κ3) is 4.22. The van der Waals surface area contributed by atoms with Crippen LogP contribution in [0.15, 0.2) is 39.5 Å². The van der Waals surface area contributed by atoms with Crippen molar-refractivity contribution in [2.24, 2.45) is 0 Å². The lowest BCUT2D eigenvalue weighted by atomic mass is 9.99. The van der Waals surface area contributed by atoms with Gasteiger partial charge in [-0.05, 0) is 12.1 Å². The molecule has 0 spiro atoms. The minimum atomic E-state index is -1.71. The molecule has 188 valence electrons. The van der Waals surface area contributed by atoms with E-state index in [-0.39, 0.29) is 45.3 Å². The standard InChI is InChI=1S/C23H24O12/c1-31-14-7-13-17(19(28)22(14)32-2)10(26)6-12(33-13)16-9(25)4-3-5-11(16)34-23-21(30)20(29)18(27)15(8-24)35-23/h3-7,15,18,20-21,23-25,27-30H,8H2,1-2H3/t15-,18+,20-,21+,23+/m0/s1. The second kappa shape index (κ2) is 9.60. The third-order valence-electron chi connectivity index (χ3n) is 5.68. The van der Waals surface area contributed by atoms with Crippen molar-refractivity contribution in [1.29, 1.82) is 0 Å². The van der Waals surface area contributed by atoms with Crippen LogP contribution in [0.1, 0.15) is 0 Å². The Labute approximate surface area is 197 Å². The Morgan fingerprint density at radius 3 is 2.37 bits per heavy atom. The molecule has 1 aliphatic heterocycles. The number of ether oxygens (including phenoxy) is 4. The molecule has 2 aromatic carbocycles. The molecule has 4 rings (SSSR count). The Morgan fingerprint density at radius 2 is 1.71 bits per heavy atom. The zero-order chi connectivity index (χ0) is 25.4. The van der Waals surface area contributed by atoms with Crippen LogP contribution in [0.4, 0.5) is 0 Å². The Morgan fingerprint density at radius 1 is 0.971 bits per heavy atom. The molecule has 0 aliphatic carbocycles. The molecule has 0 unspecified atom stereocenters. The average molecular weight is 492 g/mol. The molecule has 1 fully saturated rings. The van der Waals surface area contributed by atoms with Gasteiger partial charge in [0.15, 0.2) is 16.9 Å². The number of aliphatic hydroxyl groups is 4. The van der Waals surface area contributed by atoms with E-state index in [0.29, 0.717) is 0 Å². The summed E-state index contributed by atoms with van der Waals surface area (Å²) in [5, 5.41) is 60.6. The Balaban J connectivity index is 1.82. The number of phenolic OH excluding ortho intramolecular Hbond substituents is 2. The molecule has 35 heavy (non-hydrogen) atoms. The Kier molecular flexibility index (Phi) is 6.74. The lowest BCUT2D eigenvalue weighted by molar-refractivity contribution is -0.277. The van der Waals surface area contributed by atoms with E-state index in [2.05, 4.69) is 0 Å². The Bertz CT molecular complexity index is 1280. The fraction of sp³-hybridized carbons (Fsp3) is 0.348. The van der Waals surface area contributed by atoms with Crippen molar-refractivity contribution >= 4 is 11.0 Å². The Hall–Kier alpha value is -3.55. The van der Waals surface area contributed by atoms with Crippen molar-refractivity contribution in [3.63, 3.8) is 0 Å². The number of phenols is 2. The second-order valence-corrected chi connectivity index (χ2v) is 7.77. The first-order valence-electron chi connectivity index (χ1n) is 10.4. The zero-order valence-electron chi connectivity index (χ0n) is 18.6. The molecule has 0 saturated carbocycles. The van der Waals surface area contributed by atoms with Gasteiger partial charge >= 0.3 is 0 Å². The van der Waals surface area contributed by atoms with Crippen molar-refractivity contribution < 1.29 is 54.0 Å². The van der Waals surface area contributed by atoms with E-state index >= 15 is 0 Å². The molecule has 12 heteroatoms. The van der Waals surface area contributed by atoms with E-state index in [0.717, 1.165) is 6.07 Å². The quantitative estimate of drug-likeness (QED) is 0.272. The number of hydrogen-bond donors (Lipinski definition) is 6. The van der Waals surface area contributed by atoms with Crippen molar-refractivity contribution in [3.8, 4) is 40.1 Å². The molecule has 3 aromatic rings. The van der Waals surface area contributed by atoms with E-state index in [1.165, 1.54) is 38.5 Å². The van der Waals surface area contributed by atoms with E-state index < -0.39 is 48.5 Å². The predicted molar refractivity (Wildman–Crippen MR) is 119 cm³/mol. The van der Waals surface area contributed by atoms with Gasteiger partial charge in [-0.25, -0.2) is 0 Å². The summed E-state index contributed by atoms with van der Waals surface area (Å²) in [5.74, 6) is -1.09. The highest BCUT2D eigenvalue weighted by atomic mass is 16.7. The lowest BCUT2D eigenvalue weighted by Gasteiger charge is -2.39. The van der Waals surface area contributed by atoms with Crippen molar-refractivity contribution in [2.75, 3.05) is 20.8 Å². The largest absolute Gasteiger partial charge is 0.507 e. The van der Waals surface area contributed by atoms with Gasteiger partial charge in [-0.3, -0.25) is 4.79 Å².